The molecule has 0 bridgehead atoms. The van der Waals surface area contributed by atoms with Gasteiger partial charge in [-0.3, -0.25) is 0 Å². The van der Waals surface area contributed by atoms with E-state index in [2.05, 4.69) is 34.5 Å². The Morgan fingerprint density at radius 3 is 2.55 bits per heavy atom. The molecule has 5 heteroatoms. The lowest BCUT2D eigenvalue weighted by atomic mass is 9.74. The van der Waals surface area contributed by atoms with Crippen LogP contribution >= 0.6 is 0 Å². The average Bonchev–Trinajstić information content (AvgIpc) is 3.28. The van der Waals surface area contributed by atoms with Crippen LogP contribution in [0, 0.1) is 0 Å². The maximum Gasteiger partial charge on any atom is 0.245 e. The van der Waals surface area contributed by atoms with Crippen molar-refractivity contribution >= 4 is 0 Å². The van der Waals surface area contributed by atoms with Crippen molar-refractivity contribution in [3.05, 3.63) is 47.7 Å². The van der Waals surface area contributed by atoms with Gasteiger partial charge in [-0.2, -0.15) is 0 Å². The van der Waals surface area contributed by atoms with E-state index in [0.29, 0.717) is 25.0 Å². The van der Waals surface area contributed by atoms with Crippen LogP contribution in [0.3, 0.4) is 0 Å². The van der Waals surface area contributed by atoms with Crippen molar-refractivity contribution in [2.45, 2.75) is 37.2 Å². The first kappa shape index (κ1) is 13.9. The average molecular weight is 300 g/mol. The molecule has 2 aliphatic heterocycles. The molecule has 0 N–H and O–H groups in total. The van der Waals surface area contributed by atoms with Gasteiger partial charge in [-0.25, -0.2) is 0 Å². The fourth-order valence-electron chi connectivity index (χ4n) is 3.43. The highest BCUT2D eigenvalue weighted by Gasteiger charge is 2.41. The zero-order valence-electron chi connectivity index (χ0n) is 12.5. The molecule has 4 rings (SSSR count). The van der Waals surface area contributed by atoms with Gasteiger partial charge < -0.3 is 13.9 Å². The summed E-state index contributed by atoms with van der Waals surface area (Å²) >= 11 is 0. The highest BCUT2D eigenvalue weighted by molar-refractivity contribution is 5.32. The summed E-state index contributed by atoms with van der Waals surface area (Å²) in [6.45, 7) is 2.21. The Morgan fingerprint density at radius 2 is 1.82 bits per heavy atom. The molecule has 1 atom stereocenters. The molecule has 0 radical (unpaired) electrons. The second kappa shape index (κ2) is 5.82. The highest BCUT2D eigenvalue weighted by atomic mass is 16.5. The number of ether oxygens (including phenoxy) is 2. The molecular weight excluding hydrogens is 280 g/mol. The normalized spacial score (nSPS) is 24.5. The zero-order chi connectivity index (χ0) is 14.8. The van der Waals surface area contributed by atoms with Crippen molar-refractivity contribution in [2.75, 3.05) is 19.8 Å². The number of rotatable bonds is 3. The van der Waals surface area contributed by atoms with Crippen LogP contribution in [0.25, 0.3) is 0 Å². The van der Waals surface area contributed by atoms with Gasteiger partial charge in [0.2, 0.25) is 11.8 Å². The Hall–Kier alpha value is -1.72. The van der Waals surface area contributed by atoms with E-state index in [9.17, 15) is 0 Å². The van der Waals surface area contributed by atoms with Gasteiger partial charge in [0.25, 0.3) is 0 Å². The largest absolute Gasteiger partial charge is 0.421 e. The van der Waals surface area contributed by atoms with Crippen LogP contribution in [0.15, 0.2) is 34.7 Å². The van der Waals surface area contributed by atoms with E-state index in [1.54, 1.807) is 0 Å². The number of nitrogens with zero attached hydrogens (tertiary/aromatic N) is 2. The Labute approximate surface area is 129 Å². The minimum Gasteiger partial charge on any atom is -0.421 e. The smallest absolute Gasteiger partial charge is 0.245 e. The van der Waals surface area contributed by atoms with Gasteiger partial charge in [0, 0.05) is 19.8 Å². The van der Waals surface area contributed by atoms with Crippen molar-refractivity contribution in [1.29, 1.82) is 0 Å². The fraction of sp³-hybridized carbons (Fsp3) is 0.529. The summed E-state index contributed by atoms with van der Waals surface area (Å²) in [5.74, 6) is 1.32. The monoisotopic (exact) mass is 300 g/mol. The molecule has 0 spiro atoms. The van der Waals surface area contributed by atoms with Gasteiger partial charge in [0.1, 0.15) is 6.10 Å². The Morgan fingerprint density at radius 1 is 1.00 bits per heavy atom. The topological polar surface area (TPSA) is 57.4 Å². The molecule has 22 heavy (non-hydrogen) atoms. The minimum absolute atomic E-state index is 0.0334. The maximum atomic E-state index is 6.06. The maximum absolute atomic E-state index is 6.06. The highest BCUT2D eigenvalue weighted by Crippen LogP contribution is 2.41. The second-order valence-corrected chi connectivity index (χ2v) is 6.01. The van der Waals surface area contributed by atoms with Gasteiger partial charge >= 0.3 is 0 Å². The number of benzene rings is 1. The first-order chi connectivity index (χ1) is 10.9. The summed E-state index contributed by atoms with van der Waals surface area (Å²) in [6, 6.07) is 10.4. The van der Waals surface area contributed by atoms with Crippen LogP contribution in [-0.4, -0.2) is 30.0 Å². The molecule has 0 amide bonds. The lowest BCUT2D eigenvalue weighted by Gasteiger charge is -2.34. The first-order valence-electron chi connectivity index (χ1n) is 7.97. The van der Waals surface area contributed by atoms with E-state index >= 15 is 0 Å². The quantitative estimate of drug-likeness (QED) is 0.872. The summed E-state index contributed by atoms with van der Waals surface area (Å²) in [5, 5.41) is 8.64. The van der Waals surface area contributed by atoms with Crippen LogP contribution in [0.2, 0.25) is 0 Å². The van der Waals surface area contributed by atoms with Crippen molar-refractivity contribution < 1.29 is 13.9 Å². The Balaban J connectivity index is 1.72. The van der Waals surface area contributed by atoms with E-state index in [-0.39, 0.29) is 11.5 Å². The van der Waals surface area contributed by atoms with E-state index in [4.69, 9.17) is 13.9 Å². The molecule has 3 heterocycles. The summed E-state index contributed by atoms with van der Waals surface area (Å²) < 4.78 is 17.3. The number of hydrogen-bond acceptors (Lipinski definition) is 5. The third kappa shape index (κ3) is 2.34. The predicted molar refractivity (Wildman–Crippen MR) is 79.5 cm³/mol. The number of hydrogen-bond donors (Lipinski definition) is 0. The van der Waals surface area contributed by atoms with Crippen LogP contribution in [-0.2, 0) is 14.9 Å². The zero-order valence-corrected chi connectivity index (χ0v) is 12.5. The van der Waals surface area contributed by atoms with Crippen LogP contribution in [0.5, 0.6) is 0 Å². The molecule has 0 unspecified atom stereocenters. The molecular formula is C17H20N2O3. The van der Waals surface area contributed by atoms with Crippen molar-refractivity contribution in [3.63, 3.8) is 0 Å². The van der Waals surface area contributed by atoms with Gasteiger partial charge in [-0.1, -0.05) is 30.3 Å². The fourth-order valence-corrected chi connectivity index (χ4v) is 3.43. The lowest BCUT2D eigenvalue weighted by molar-refractivity contribution is 0.0504. The summed E-state index contributed by atoms with van der Waals surface area (Å²) in [7, 11) is 0. The Bertz CT molecular complexity index is 614. The molecule has 5 nitrogen and oxygen atoms in total. The van der Waals surface area contributed by atoms with Crippen molar-refractivity contribution in [3.8, 4) is 0 Å². The summed E-state index contributed by atoms with van der Waals surface area (Å²) in [6.07, 6.45) is 3.71. The minimum atomic E-state index is -0.233. The summed E-state index contributed by atoms with van der Waals surface area (Å²) in [4.78, 5) is 0. The third-order valence-corrected chi connectivity index (χ3v) is 4.73. The molecule has 116 valence electrons. The number of aromatic nitrogens is 2. The Kier molecular flexibility index (Phi) is 3.68. The van der Waals surface area contributed by atoms with Crippen molar-refractivity contribution in [1.82, 2.24) is 10.2 Å². The van der Waals surface area contributed by atoms with Gasteiger partial charge in [-0.15, -0.1) is 10.2 Å². The second-order valence-electron chi connectivity index (χ2n) is 6.01. The third-order valence-electron chi connectivity index (χ3n) is 4.73. The standard InChI is InChI=1S/C17H20N2O3/c1-2-5-13(6-3-1)17(8-11-20-12-9-17)16-19-18-15(22-16)14-7-4-10-21-14/h1-3,5-6,14H,4,7-12H2/t14-/m0/s1. The first-order valence-corrected chi connectivity index (χ1v) is 7.97. The van der Waals surface area contributed by atoms with Gasteiger partial charge in [0.15, 0.2) is 0 Å². The summed E-state index contributed by atoms with van der Waals surface area (Å²) in [5.41, 5.74) is 0.990. The van der Waals surface area contributed by atoms with Crippen molar-refractivity contribution in [2.24, 2.45) is 0 Å². The van der Waals surface area contributed by atoms with E-state index in [0.717, 1.165) is 32.3 Å². The van der Waals surface area contributed by atoms with Crippen LogP contribution < -0.4 is 0 Å². The van der Waals surface area contributed by atoms with Crippen LogP contribution in [0.1, 0.15) is 49.1 Å². The van der Waals surface area contributed by atoms with E-state index < -0.39 is 0 Å². The van der Waals surface area contributed by atoms with E-state index in [1.807, 2.05) is 6.07 Å². The molecule has 2 saturated heterocycles. The van der Waals surface area contributed by atoms with Gasteiger partial charge in [0.05, 0.1) is 5.41 Å². The SMILES string of the molecule is c1ccc(C2(c3nnc([C@@H]4CCCO4)o3)CCOCC2)cc1. The molecule has 0 aliphatic carbocycles. The lowest BCUT2D eigenvalue weighted by Crippen LogP contribution is -2.35. The molecule has 1 aromatic heterocycles. The molecule has 0 saturated carbocycles. The van der Waals surface area contributed by atoms with Crippen LogP contribution in [0.4, 0.5) is 0 Å². The van der Waals surface area contributed by atoms with E-state index in [1.165, 1.54) is 5.56 Å². The van der Waals surface area contributed by atoms with Gasteiger partial charge in [-0.05, 0) is 31.2 Å². The molecule has 2 fully saturated rings. The molecule has 1 aromatic carbocycles. The molecule has 2 aliphatic rings. The predicted octanol–water partition coefficient (Wildman–Crippen LogP) is 3.02. The molecule has 2 aromatic rings.